The van der Waals surface area contributed by atoms with E-state index in [1.807, 2.05) is 0 Å². The highest BCUT2D eigenvalue weighted by molar-refractivity contribution is 5.07. The van der Waals surface area contributed by atoms with Crippen LogP contribution in [0.2, 0.25) is 0 Å². The van der Waals surface area contributed by atoms with E-state index in [0.717, 1.165) is 6.42 Å². The van der Waals surface area contributed by atoms with Crippen molar-refractivity contribution in [2.75, 3.05) is 13.2 Å². The van der Waals surface area contributed by atoms with E-state index < -0.39 is 6.10 Å². The maximum absolute atomic E-state index is 9.64. The summed E-state index contributed by atoms with van der Waals surface area (Å²) >= 11 is 0. The largest absolute Gasteiger partial charge is 0.387 e. The van der Waals surface area contributed by atoms with Crippen LogP contribution in [0.25, 0.3) is 0 Å². The molecule has 0 radical (unpaired) electrons. The molecule has 1 spiro atoms. The van der Waals surface area contributed by atoms with Crippen molar-refractivity contribution in [2.24, 2.45) is 0 Å². The van der Waals surface area contributed by atoms with E-state index in [1.165, 1.54) is 0 Å². The van der Waals surface area contributed by atoms with Gasteiger partial charge < -0.3 is 14.6 Å². The highest BCUT2D eigenvalue weighted by Gasteiger charge is 2.55. The predicted molar refractivity (Wildman–Crippen MR) is 39.2 cm³/mol. The Hall–Kier alpha value is -0.380. The Morgan fingerprint density at radius 3 is 2.91 bits per heavy atom. The molecule has 0 saturated carbocycles. The van der Waals surface area contributed by atoms with Gasteiger partial charge in [-0.2, -0.15) is 0 Å². The van der Waals surface area contributed by atoms with Crippen molar-refractivity contribution < 1.29 is 14.6 Å². The molecule has 3 atom stereocenters. The monoisotopic (exact) mass is 156 g/mol. The summed E-state index contributed by atoms with van der Waals surface area (Å²) in [4.78, 5) is 0. The molecule has 2 rings (SSSR count). The molecule has 0 aromatic rings. The van der Waals surface area contributed by atoms with Gasteiger partial charge in [0.25, 0.3) is 0 Å². The lowest BCUT2D eigenvalue weighted by Crippen LogP contribution is -2.46. The minimum atomic E-state index is -0.520. The molecule has 0 bridgehead atoms. The fraction of sp³-hybridized carbons (Fsp3) is 0.750. The third kappa shape index (κ3) is 1.00. The fourth-order valence-corrected chi connectivity index (χ4v) is 1.51. The minimum Gasteiger partial charge on any atom is -0.387 e. The summed E-state index contributed by atoms with van der Waals surface area (Å²) in [6.45, 7) is 4.92. The lowest BCUT2D eigenvalue weighted by molar-refractivity contribution is -0.0928. The lowest BCUT2D eigenvalue weighted by atomic mass is 9.93. The third-order valence-corrected chi connectivity index (χ3v) is 2.43. The van der Waals surface area contributed by atoms with Crippen molar-refractivity contribution in [2.45, 2.75) is 24.2 Å². The Balaban J connectivity index is 2.09. The fourth-order valence-electron chi connectivity index (χ4n) is 1.51. The summed E-state index contributed by atoms with van der Waals surface area (Å²) in [6, 6.07) is 0. The Morgan fingerprint density at radius 2 is 2.36 bits per heavy atom. The first-order valence-corrected chi connectivity index (χ1v) is 3.85. The van der Waals surface area contributed by atoms with Gasteiger partial charge in [-0.15, -0.1) is 6.58 Å². The van der Waals surface area contributed by atoms with Crippen LogP contribution in [0.4, 0.5) is 0 Å². The first-order chi connectivity index (χ1) is 5.28. The maximum atomic E-state index is 9.64. The molecule has 1 unspecified atom stereocenters. The zero-order valence-electron chi connectivity index (χ0n) is 6.32. The average Bonchev–Trinajstić information content (AvgIpc) is 2.77. The van der Waals surface area contributed by atoms with Gasteiger partial charge in [-0.1, -0.05) is 6.08 Å². The van der Waals surface area contributed by atoms with Crippen LogP contribution in [-0.2, 0) is 9.47 Å². The third-order valence-electron chi connectivity index (χ3n) is 2.43. The molecular formula is C8H12O3. The van der Waals surface area contributed by atoms with Gasteiger partial charge in [-0.3, -0.25) is 0 Å². The highest BCUT2D eigenvalue weighted by Crippen LogP contribution is 2.39. The molecule has 3 nitrogen and oxygen atoms in total. The maximum Gasteiger partial charge on any atom is 0.122 e. The van der Waals surface area contributed by atoms with Crippen LogP contribution in [0.5, 0.6) is 0 Å². The zero-order valence-corrected chi connectivity index (χ0v) is 6.32. The summed E-state index contributed by atoms with van der Waals surface area (Å²) in [5, 5.41) is 9.64. The van der Waals surface area contributed by atoms with Crippen LogP contribution in [0.1, 0.15) is 6.42 Å². The first kappa shape index (κ1) is 7.28. The Labute approximate surface area is 65.6 Å². The topological polar surface area (TPSA) is 42.0 Å². The van der Waals surface area contributed by atoms with Gasteiger partial charge in [0.05, 0.1) is 13.2 Å². The van der Waals surface area contributed by atoms with Crippen molar-refractivity contribution in [3.63, 3.8) is 0 Å². The molecule has 2 fully saturated rings. The van der Waals surface area contributed by atoms with Crippen LogP contribution in [0.15, 0.2) is 12.7 Å². The minimum absolute atomic E-state index is 0.244. The van der Waals surface area contributed by atoms with Crippen LogP contribution in [0.3, 0.4) is 0 Å². The molecule has 62 valence electrons. The molecule has 0 aromatic carbocycles. The molecule has 3 heteroatoms. The first-order valence-electron chi connectivity index (χ1n) is 3.85. The quantitative estimate of drug-likeness (QED) is 0.432. The second kappa shape index (κ2) is 2.30. The van der Waals surface area contributed by atoms with E-state index in [4.69, 9.17) is 9.47 Å². The molecule has 2 saturated heterocycles. The van der Waals surface area contributed by atoms with Gasteiger partial charge >= 0.3 is 0 Å². The number of aliphatic hydroxyl groups excluding tert-OH is 1. The summed E-state index contributed by atoms with van der Waals surface area (Å²) in [5.41, 5.74) is -0.281. The second-order valence-corrected chi connectivity index (χ2v) is 3.12. The number of epoxide rings is 1. The van der Waals surface area contributed by atoms with E-state index in [-0.39, 0.29) is 11.7 Å². The Morgan fingerprint density at radius 1 is 1.64 bits per heavy atom. The highest BCUT2D eigenvalue weighted by atomic mass is 16.6. The standard InChI is InChI=1S/C8H12O3/c1-2-6-7(9)8(5-11-8)3-4-10-6/h2,6-7,9H,1,3-5H2/t6?,7-,8-/m1/s1. The smallest absolute Gasteiger partial charge is 0.122 e. The van der Waals surface area contributed by atoms with Crippen molar-refractivity contribution in [1.82, 2.24) is 0 Å². The van der Waals surface area contributed by atoms with Gasteiger partial charge in [0, 0.05) is 6.42 Å². The van der Waals surface area contributed by atoms with Crippen LogP contribution in [0, 0.1) is 0 Å². The summed E-state index contributed by atoms with van der Waals surface area (Å²) in [7, 11) is 0. The van der Waals surface area contributed by atoms with Gasteiger partial charge in [-0.05, 0) is 0 Å². The van der Waals surface area contributed by atoms with Crippen LogP contribution in [-0.4, -0.2) is 36.1 Å². The summed E-state index contributed by atoms with van der Waals surface area (Å²) in [5.74, 6) is 0. The molecule has 2 heterocycles. The van der Waals surface area contributed by atoms with Crippen LogP contribution >= 0.6 is 0 Å². The van der Waals surface area contributed by atoms with E-state index in [0.29, 0.717) is 13.2 Å². The van der Waals surface area contributed by atoms with Gasteiger partial charge in [0.1, 0.15) is 17.8 Å². The molecule has 0 amide bonds. The number of ether oxygens (including phenoxy) is 2. The molecular weight excluding hydrogens is 144 g/mol. The molecule has 2 aliphatic heterocycles. The Bertz CT molecular complexity index is 174. The van der Waals surface area contributed by atoms with E-state index >= 15 is 0 Å². The number of hydrogen-bond acceptors (Lipinski definition) is 3. The van der Waals surface area contributed by atoms with E-state index in [2.05, 4.69) is 6.58 Å². The molecule has 0 aromatic heterocycles. The van der Waals surface area contributed by atoms with Gasteiger partial charge in [-0.25, -0.2) is 0 Å². The van der Waals surface area contributed by atoms with Crippen molar-refractivity contribution in [1.29, 1.82) is 0 Å². The summed E-state index contributed by atoms with van der Waals surface area (Å²) < 4.78 is 10.5. The summed E-state index contributed by atoms with van der Waals surface area (Å²) in [6.07, 6.45) is 1.67. The van der Waals surface area contributed by atoms with Crippen molar-refractivity contribution >= 4 is 0 Å². The zero-order chi connectivity index (χ0) is 7.90. The molecule has 11 heavy (non-hydrogen) atoms. The van der Waals surface area contributed by atoms with Crippen molar-refractivity contribution in [3.8, 4) is 0 Å². The number of hydrogen-bond donors (Lipinski definition) is 1. The second-order valence-electron chi connectivity index (χ2n) is 3.12. The van der Waals surface area contributed by atoms with Gasteiger partial charge in [0.2, 0.25) is 0 Å². The Kier molecular flexibility index (Phi) is 1.52. The van der Waals surface area contributed by atoms with Crippen LogP contribution < -0.4 is 0 Å². The lowest BCUT2D eigenvalue weighted by Gasteiger charge is -2.30. The predicted octanol–water partition coefficient (Wildman–Crippen LogP) is 0.0912. The van der Waals surface area contributed by atoms with E-state index in [1.54, 1.807) is 6.08 Å². The van der Waals surface area contributed by atoms with Gasteiger partial charge in [0.15, 0.2) is 0 Å². The van der Waals surface area contributed by atoms with E-state index in [9.17, 15) is 5.11 Å². The molecule has 1 N–H and O–H groups in total. The number of rotatable bonds is 1. The molecule has 2 aliphatic rings. The normalized spacial score (nSPS) is 49.2. The SMILES string of the molecule is C=CC1OCC[C@@]2(CO2)[C@@H]1O. The molecule has 0 aliphatic carbocycles. The number of aliphatic hydroxyl groups is 1. The van der Waals surface area contributed by atoms with Crippen molar-refractivity contribution in [3.05, 3.63) is 12.7 Å². The average molecular weight is 156 g/mol.